The number of aromatic amines is 1. The van der Waals surface area contributed by atoms with Crippen LogP contribution in [0.2, 0.25) is 5.02 Å². The summed E-state index contributed by atoms with van der Waals surface area (Å²) in [5.41, 5.74) is 10.6. The number of benzene rings is 2. The van der Waals surface area contributed by atoms with Crippen LogP contribution < -0.4 is 10.9 Å². The lowest BCUT2D eigenvalue weighted by molar-refractivity contribution is 0.976. The van der Waals surface area contributed by atoms with E-state index in [0.29, 0.717) is 0 Å². The second-order valence-corrected chi connectivity index (χ2v) is 6.02. The van der Waals surface area contributed by atoms with E-state index in [1.54, 1.807) is 0 Å². The van der Waals surface area contributed by atoms with Crippen molar-refractivity contribution < 1.29 is 0 Å². The number of hydrogen-bond acceptors (Lipinski definition) is 4. The van der Waals surface area contributed by atoms with Crippen molar-refractivity contribution in [2.24, 2.45) is 0 Å². The van der Waals surface area contributed by atoms with Crippen molar-refractivity contribution in [3.8, 4) is 11.4 Å². The van der Waals surface area contributed by atoms with Gasteiger partial charge in [0, 0.05) is 17.6 Å². The van der Waals surface area contributed by atoms with Gasteiger partial charge in [-0.2, -0.15) is 5.10 Å². The van der Waals surface area contributed by atoms with Crippen molar-refractivity contribution in [2.45, 2.75) is 12.8 Å². The molecule has 0 amide bonds. The molecule has 0 bridgehead atoms. The number of nitrogens with zero attached hydrogens (tertiary/aromatic N) is 2. The smallest absolute Gasteiger partial charge is 0.155 e. The molecule has 0 spiro atoms. The molecule has 5 nitrogen and oxygen atoms in total. The van der Waals surface area contributed by atoms with Crippen LogP contribution in [0.4, 0.5) is 5.69 Å². The molecule has 0 aliphatic heterocycles. The van der Waals surface area contributed by atoms with Gasteiger partial charge in [-0.05, 0) is 54.3 Å². The van der Waals surface area contributed by atoms with E-state index in [1.165, 1.54) is 17.5 Å². The third-order valence-corrected chi connectivity index (χ3v) is 4.08. The van der Waals surface area contributed by atoms with Crippen molar-refractivity contribution in [2.75, 3.05) is 12.5 Å². The zero-order chi connectivity index (χ0) is 17.5. The van der Waals surface area contributed by atoms with E-state index in [9.17, 15) is 0 Å². The van der Waals surface area contributed by atoms with Gasteiger partial charge in [0.15, 0.2) is 5.82 Å². The highest BCUT2D eigenvalue weighted by Gasteiger charge is 2.06. The molecule has 0 radical (unpaired) electrons. The van der Waals surface area contributed by atoms with Gasteiger partial charge >= 0.3 is 0 Å². The molecule has 1 heterocycles. The van der Waals surface area contributed by atoms with Crippen molar-refractivity contribution in [3.05, 3.63) is 77.1 Å². The first-order chi connectivity index (χ1) is 12.3. The second kappa shape index (κ2) is 8.46. The van der Waals surface area contributed by atoms with E-state index in [-0.39, 0.29) is 0 Å². The summed E-state index contributed by atoms with van der Waals surface area (Å²) < 4.78 is 0. The summed E-state index contributed by atoms with van der Waals surface area (Å²) in [5, 5.41) is 7.58. The number of aromatic nitrogens is 3. The Morgan fingerprint density at radius 3 is 2.60 bits per heavy atom. The number of allylic oxidation sites excluding steroid dienone is 2. The van der Waals surface area contributed by atoms with Crippen molar-refractivity contribution in [1.29, 1.82) is 0 Å². The number of anilines is 1. The molecule has 25 heavy (non-hydrogen) atoms. The zero-order valence-corrected chi connectivity index (χ0v) is 14.7. The molecule has 0 aliphatic rings. The highest BCUT2D eigenvalue weighted by atomic mass is 35.5. The maximum Gasteiger partial charge on any atom is 0.155 e. The largest absolute Gasteiger partial charge is 0.321 e. The number of H-pyrrole nitrogens is 1. The Morgan fingerprint density at radius 2 is 1.88 bits per heavy atom. The molecule has 1 aromatic heterocycles. The molecule has 3 aromatic rings. The Kier molecular flexibility index (Phi) is 5.82. The second-order valence-electron chi connectivity index (χ2n) is 5.59. The molecular formula is C19H20ClN5. The molecule has 0 aliphatic carbocycles. The van der Waals surface area contributed by atoms with Gasteiger partial charge in [0.1, 0.15) is 6.33 Å². The van der Waals surface area contributed by atoms with Crippen LogP contribution in [0.3, 0.4) is 0 Å². The van der Waals surface area contributed by atoms with E-state index in [4.69, 9.17) is 11.6 Å². The van der Waals surface area contributed by atoms with Crippen LogP contribution in [0.25, 0.3) is 11.4 Å². The third kappa shape index (κ3) is 4.68. The minimum Gasteiger partial charge on any atom is -0.321 e. The highest BCUT2D eigenvalue weighted by molar-refractivity contribution is 6.30. The molecule has 0 fully saturated rings. The summed E-state index contributed by atoms with van der Waals surface area (Å²) in [5.74, 6) is 0.766. The number of nitrogens with one attached hydrogen (secondary N) is 3. The fraction of sp³-hybridized carbons (Fsp3) is 0.158. The predicted molar refractivity (Wildman–Crippen MR) is 103 cm³/mol. The topological polar surface area (TPSA) is 65.6 Å². The van der Waals surface area contributed by atoms with Crippen molar-refractivity contribution in [3.63, 3.8) is 0 Å². The molecule has 0 saturated heterocycles. The maximum absolute atomic E-state index is 5.91. The summed E-state index contributed by atoms with van der Waals surface area (Å²) in [6.45, 7) is 0. The summed E-state index contributed by atoms with van der Waals surface area (Å²) in [6, 6.07) is 14.1. The van der Waals surface area contributed by atoms with Gasteiger partial charge in [0.05, 0.1) is 5.69 Å². The Labute approximate surface area is 152 Å². The minimum atomic E-state index is 0.764. The fourth-order valence-electron chi connectivity index (χ4n) is 2.56. The average molecular weight is 354 g/mol. The molecule has 0 saturated carbocycles. The summed E-state index contributed by atoms with van der Waals surface area (Å²) >= 11 is 5.91. The highest BCUT2D eigenvalue weighted by Crippen LogP contribution is 2.23. The van der Waals surface area contributed by atoms with Gasteiger partial charge in [-0.25, -0.2) is 10.4 Å². The summed E-state index contributed by atoms with van der Waals surface area (Å²) in [7, 11) is 1.85. The van der Waals surface area contributed by atoms with E-state index in [0.717, 1.165) is 34.9 Å². The SMILES string of the molecule is CNNc1ccc(-c2ncn[nH]2)cc1CC=CCc1ccc(Cl)cc1. The van der Waals surface area contributed by atoms with Crippen LogP contribution in [-0.4, -0.2) is 22.2 Å². The number of halogens is 1. The monoisotopic (exact) mass is 353 g/mol. The molecule has 3 N–H and O–H groups in total. The Morgan fingerprint density at radius 1 is 1.08 bits per heavy atom. The molecular weight excluding hydrogens is 334 g/mol. The molecule has 2 aromatic carbocycles. The molecule has 0 atom stereocenters. The Hall–Kier alpha value is -2.63. The fourth-order valence-corrected chi connectivity index (χ4v) is 2.69. The Bertz CT molecular complexity index is 826. The number of hydrogen-bond donors (Lipinski definition) is 3. The molecule has 6 heteroatoms. The quantitative estimate of drug-likeness (QED) is 0.443. The van der Waals surface area contributed by atoms with E-state index >= 15 is 0 Å². The van der Waals surface area contributed by atoms with Crippen LogP contribution in [0.5, 0.6) is 0 Å². The standard InChI is InChI=1S/C19H20ClN5/c1-21-24-18-11-8-16(19-22-13-23-25-19)12-15(18)5-3-2-4-14-6-9-17(20)10-7-14/h2-3,6-13,21,24H,4-5H2,1H3,(H,22,23,25). The molecule has 3 rings (SSSR count). The first kappa shape index (κ1) is 17.2. The van der Waals surface area contributed by atoms with Crippen LogP contribution >= 0.6 is 11.6 Å². The van der Waals surface area contributed by atoms with Gasteiger partial charge in [-0.3, -0.25) is 5.10 Å². The summed E-state index contributed by atoms with van der Waals surface area (Å²) in [4.78, 5) is 4.21. The van der Waals surface area contributed by atoms with Gasteiger partial charge in [0.25, 0.3) is 0 Å². The van der Waals surface area contributed by atoms with E-state index in [2.05, 4.69) is 44.3 Å². The van der Waals surface area contributed by atoms with Crippen molar-refractivity contribution >= 4 is 17.3 Å². The first-order valence-corrected chi connectivity index (χ1v) is 8.45. The average Bonchev–Trinajstić information content (AvgIpc) is 3.16. The van der Waals surface area contributed by atoms with Crippen LogP contribution in [0, 0.1) is 0 Å². The van der Waals surface area contributed by atoms with Crippen LogP contribution in [-0.2, 0) is 12.8 Å². The predicted octanol–water partition coefficient (Wildman–Crippen LogP) is 4.01. The van der Waals surface area contributed by atoms with Gasteiger partial charge < -0.3 is 5.43 Å². The third-order valence-electron chi connectivity index (χ3n) is 3.82. The van der Waals surface area contributed by atoms with Gasteiger partial charge in [-0.1, -0.05) is 35.9 Å². The lowest BCUT2D eigenvalue weighted by Gasteiger charge is -2.11. The van der Waals surface area contributed by atoms with Crippen molar-refractivity contribution in [1.82, 2.24) is 20.6 Å². The maximum atomic E-state index is 5.91. The van der Waals surface area contributed by atoms with Crippen LogP contribution in [0.15, 0.2) is 60.9 Å². The summed E-state index contributed by atoms with van der Waals surface area (Å²) in [6.07, 6.45) is 7.57. The number of rotatable bonds is 7. The van der Waals surface area contributed by atoms with Crippen LogP contribution in [0.1, 0.15) is 11.1 Å². The lowest BCUT2D eigenvalue weighted by atomic mass is 10.0. The zero-order valence-electron chi connectivity index (χ0n) is 14.0. The number of hydrazine groups is 1. The molecule has 128 valence electrons. The minimum absolute atomic E-state index is 0.764. The normalized spacial score (nSPS) is 11.1. The van der Waals surface area contributed by atoms with E-state index in [1.807, 2.05) is 43.4 Å². The van der Waals surface area contributed by atoms with Gasteiger partial charge in [-0.15, -0.1) is 0 Å². The Balaban J connectivity index is 1.71. The van der Waals surface area contributed by atoms with E-state index < -0.39 is 0 Å². The molecule has 0 unspecified atom stereocenters. The van der Waals surface area contributed by atoms with Gasteiger partial charge in [0.2, 0.25) is 0 Å². The first-order valence-electron chi connectivity index (χ1n) is 8.07. The lowest BCUT2D eigenvalue weighted by Crippen LogP contribution is -2.16.